The zero-order valence-electron chi connectivity index (χ0n) is 19.8. The van der Waals surface area contributed by atoms with Crippen molar-refractivity contribution in [3.8, 4) is 28.7 Å². The van der Waals surface area contributed by atoms with Gasteiger partial charge in [-0.15, -0.1) is 0 Å². The predicted molar refractivity (Wildman–Crippen MR) is 124 cm³/mol. The first kappa shape index (κ1) is 26.0. The van der Waals surface area contributed by atoms with Gasteiger partial charge in [0.05, 0.1) is 34.0 Å². The molecule has 10 nitrogen and oxygen atoms in total. The first-order valence-electron chi connectivity index (χ1n) is 10.1. The van der Waals surface area contributed by atoms with Crippen LogP contribution in [0.1, 0.15) is 19.4 Å². The molecule has 0 saturated carbocycles. The van der Waals surface area contributed by atoms with Gasteiger partial charge in [0, 0.05) is 36.9 Å². The molecule has 0 saturated heterocycles. The highest BCUT2D eigenvalue weighted by Gasteiger charge is 2.20. The van der Waals surface area contributed by atoms with Crippen LogP contribution in [-0.2, 0) is 19.1 Å². The molecule has 1 unspecified atom stereocenters. The van der Waals surface area contributed by atoms with E-state index < -0.39 is 23.9 Å². The molecule has 182 valence electrons. The third kappa shape index (κ3) is 6.89. The number of nitrogens with one attached hydrogen (secondary N) is 1. The van der Waals surface area contributed by atoms with Crippen LogP contribution in [0.4, 0.5) is 5.69 Å². The first-order valence-corrected chi connectivity index (χ1v) is 10.1. The second kappa shape index (κ2) is 12.1. The molecule has 34 heavy (non-hydrogen) atoms. The van der Waals surface area contributed by atoms with Crippen LogP contribution in [0, 0.1) is 0 Å². The molecule has 1 N–H and O–H groups in total. The van der Waals surface area contributed by atoms with Crippen LogP contribution in [0.15, 0.2) is 36.4 Å². The van der Waals surface area contributed by atoms with Gasteiger partial charge in [0.2, 0.25) is 5.91 Å². The van der Waals surface area contributed by atoms with Crippen molar-refractivity contribution in [2.45, 2.75) is 20.0 Å². The molecule has 0 aliphatic carbocycles. The molecular formula is C24H27NO9. The van der Waals surface area contributed by atoms with E-state index in [9.17, 15) is 14.4 Å². The van der Waals surface area contributed by atoms with Crippen molar-refractivity contribution in [2.75, 3.05) is 33.8 Å². The average molecular weight is 473 g/mol. The first-order chi connectivity index (χ1) is 16.2. The second-order valence-corrected chi connectivity index (χ2v) is 6.81. The van der Waals surface area contributed by atoms with Crippen molar-refractivity contribution in [1.82, 2.24) is 0 Å². The Balaban J connectivity index is 2.21. The number of ether oxygens (including phenoxy) is 6. The SMILES string of the molecule is COc1cc(OC)c(/C=C/C(=O)Nc2ccc(OC)c(OC(=O)C(C)OC(C)=O)c2)c(OC)c1. The molecule has 2 aromatic carbocycles. The van der Waals surface area contributed by atoms with Gasteiger partial charge in [-0.3, -0.25) is 9.59 Å². The average Bonchev–Trinajstić information content (AvgIpc) is 2.81. The third-order valence-corrected chi connectivity index (χ3v) is 4.47. The number of rotatable bonds is 10. The molecule has 10 heteroatoms. The van der Waals surface area contributed by atoms with Crippen molar-refractivity contribution in [3.63, 3.8) is 0 Å². The smallest absolute Gasteiger partial charge is 0.352 e. The fraction of sp³-hybridized carbons (Fsp3) is 0.292. The molecule has 2 rings (SSSR count). The van der Waals surface area contributed by atoms with E-state index in [0.29, 0.717) is 28.5 Å². The summed E-state index contributed by atoms with van der Waals surface area (Å²) in [5, 5.41) is 2.67. The van der Waals surface area contributed by atoms with Gasteiger partial charge in [-0.1, -0.05) is 0 Å². The molecule has 0 aromatic heterocycles. The Morgan fingerprint density at radius 2 is 1.47 bits per heavy atom. The van der Waals surface area contributed by atoms with E-state index in [1.54, 1.807) is 18.2 Å². The highest BCUT2D eigenvalue weighted by atomic mass is 16.6. The molecule has 0 radical (unpaired) electrons. The number of amides is 1. The van der Waals surface area contributed by atoms with Crippen LogP contribution >= 0.6 is 0 Å². The van der Waals surface area contributed by atoms with Gasteiger partial charge >= 0.3 is 11.9 Å². The zero-order valence-corrected chi connectivity index (χ0v) is 19.8. The predicted octanol–water partition coefficient (Wildman–Crippen LogP) is 3.23. The Kier molecular flexibility index (Phi) is 9.30. The summed E-state index contributed by atoms with van der Waals surface area (Å²) in [5.41, 5.74) is 0.886. The number of methoxy groups -OCH3 is 4. The van der Waals surface area contributed by atoms with Gasteiger partial charge < -0.3 is 33.7 Å². The van der Waals surface area contributed by atoms with E-state index in [1.165, 1.54) is 66.6 Å². The number of carbonyl (C=O) groups excluding carboxylic acids is 3. The van der Waals surface area contributed by atoms with Crippen LogP contribution in [0.2, 0.25) is 0 Å². The maximum Gasteiger partial charge on any atom is 0.352 e. The number of benzene rings is 2. The minimum Gasteiger partial charge on any atom is -0.496 e. The molecule has 0 aliphatic rings. The Morgan fingerprint density at radius 1 is 0.853 bits per heavy atom. The van der Waals surface area contributed by atoms with E-state index in [2.05, 4.69) is 5.32 Å². The zero-order chi connectivity index (χ0) is 25.3. The van der Waals surface area contributed by atoms with Crippen molar-refractivity contribution in [2.24, 2.45) is 0 Å². The molecule has 2 aromatic rings. The van der Waals surface area contributed by atoms with Crippen LogP contribution in [0.5, 0.6) is 28.7 Å². The lowest BCUT2D eigenvalue weighted by atomic mass is 10.1. The molecular weight excluding hydrogens is 446 g/mol. The van der Waals surface area contributed by atoms with Gasteiger partial charge in [0.1, 0.15) is 17.2 Å². The standard InChI is InChI=1S/C24H27NO9/c1-14(33-15(2)26)24(28)34-22-11-16(7-9-19(22)30-4)25-23(27)10-8-18-20(31-5)12-17(29-3)13-21(18)32-6/h7-14H,1-6H3,(H,25,27)/b10-8+. The number of carbonyl (C=O) groups is 3. The minimum atomic E-state index is -1.11. The van der Waals surface area contributed by atoms with Crippen molar-refractivity contribution >= 4 is 29.6 Å². The Hall–Kier alpha value is -4.21. The number of hydrogen-bond acceptors (Lipinski definition) is 9. The summed E-state index contributed by atoms with van der Waals surface area (Å²) in [6, 6.07) is 7.85. The van der Waals surface area contributed by atoms with Gasteiger partial charge in [-0.05, 0) is 25.1 Å². The third-order valence-electron chi connectivity index (χ3n) is 4.47. The van der Waals surface area contributed by atoms with E-state index in [-0.39, 0.29) is 11.5 Å². The maximum atomic E-state index is 12.5. The monoisotopic (exact) mass is 473 g/mol. The lowest BCUT2D eigenvalue weighted by molar-refractivity contribution is -0.159. The van der Waals surface area contributed by atoms with Crippen molar-refractivity contribution < 1.29 is 42.8 Å². The Bertz CT molecular complexity index is 1050. The maximum absolute atomic E-state index is 12.5. The fourth-order valence-electron chi connectivity index (χ4n) is 2.86. The van der Waals surface area contributed by atoms with Gasteiger partial charge in [0.25, 0.3) is 0 Å². The summed E-state index contributed by atoms with van der Waals surface area (Å²) in [7, 11) is 5.91. The highest BCUT2D eigenvalue weighted by Crippen LogP contribution is 2.35. The van der Waals surface area contributed by atoms with Crippen molar-refractivity contribution in [1.29, 1.82) is 0 Å². The molecule has 0 heterocycles. The summed E-state index contributed by atoms with van der Waals surface area (Å²) in [4.78, 5) is 35.8. The Labute approximate surface area is 197 Å². The number of anilines is 1. The van der Waals surface area contributed by atoms with Crippen molar-refractivity contribution in [3.05, 3.63) is 42.0 Å². The van der Waals surface area contributed by atoms with E-state index in [1.807, 2.05) is 0 Å². The Morgan fingerprint density at radius 3 is 2.00 bits per heavy atom. The molecule has 0 bridgehead atoms. The van der Waals surface area contributed by atoms with Crippen LogP contribution in [0.3, 0.4) is 0 Å². The van der Waals surface area contributed by atoms with E-state index in [4.69, 9.17) is 28.4 Å². The number of esters is 2. The molecule has 1 atom stereocenters. The highest BCUT2D eigenvalue weighted by molar-refractivity contribution is 6.02. The quantitative estimate of drug-likeness (QED) is 0.315. The minimum absolute atomic E-state index is 0.0479. The second-order valence-electron chi connectivity index (χ2n) is 6.81. The normalized spacial score (nSPS) is 11.4. The summed E-state index contributed by atoms with van der Waals surface area (Å²) < 4.78 is 31.2. The fourth-order valence-corrected chi connectivity index (χ4v) is 2.86. The van der Waals surface area contributed by atoms with Gasteiger partial charge in [-0.25, -0.2) is 4.79 Å². The summed E-state index contributed by atoms with van der Waals surface area (Å²) in [6.07, 6.45) is 1.72. The summed E-state index contributed by atoms with van der Waals surface area (Å²) in [5.74, 6) is -0.114. The molecule has 0 aliphatic heterocycles. The number of hydrogen-bond donors (Lipinski definition) is 1. The van der Waals surface area contributed by atoms with Crippen LogP contribution in [0.25, 0.3) is 6.08 Å². The van der Waals surface area contributed by atoms with Gasteiger partial charge in [-0.2, -0.15) is 0 Å². The topological polar surface area (TPSA) is 119 Å². The summed E-state index contributed by atoms with van der Waals surface area (Å²) in [6.45, 7) is 2.57. The summed E-state index contributed by atoms with van der Waals surface area (Å²) >= 11 is 0. The van der Waals surface area contributed by atoms with E-state index >= 15 is 0 Å². The molecule has 0 fully saturated rings. The largest absolute Gasteiger partial charge is 0.496 e. The van der Waals surface area contributed by atoms with Gasteiger partial charge in [0.15, 0.2) is 17.6 Å². The molecule has 1 amide bonds. The molecule has 0 spiro atoms. The van der Waals surface area contributed by atoms with Crippen LogP contribution < -0.4 is 29.0 Å². The lowest BCUT2D eigenvalue weighted by Gasteiger charge is -2.14. The lowest BCUT2D eigenvalue weighted by Crippen LogP contribution is -2.27. The van der Waals surface area contributed by atoms with Crippen LogP contribution in [-0.4, -0.2) is 52.4 Å². The van der Waals surface area contributed by atoms with E-state index in [0.717, 1.165) is 0 Å².